The summed E-state index contributed by atoms with van der Waals surface area (Å²) in [4.78, 5) is 11.2. The number of anilines is 1. The first-order valence-corrected chi connectivity index (χ1v) is 7.57. The average Bonchev–Trinajstić information content (AvgIpc) is 2.38. The second kappa shape index (κ2) is 5.26. The Morgan fingerprint density at radius 1 is 1.22 bits per heavy atom. The lowest BCUT2D eigenvalue weighted by atomic mass is 10.2. The van der Waals surface area contributed by atoms with Gasteiger partial charge in [0.25, 0.3) is 0 Å². The van der Waals surface area contributed by atoms with Gasteiger partial charge in [-0.05, 0) is 56.7 Å². The van der Waals surface area contributed by atoms with Crippen LogP contribution in [-0.4, -0.2) is 36.3 Å². The molecule has 2 heterocycles. The van der Waals surface area contributed by atoms with E-state index in [0.717, 1.165) is 43.0 Å². The molecular formula is C12H11BrIN3O. The molecule has 1 fully saturated rings. The van der Waals surface area contributed by atoms with Crippen molar-refractivity contribution in [3.8, 4) is 0 Å². The third-order valence-corrected chi connectivity index (χ3v) is 3.95. The van der Waals surface area contributed by atoms with E-state index >= 15 is 0 Å². The summed E-state index contributed by atoms with van der Waals surface area (Å²) in [6, 6.07) is 6.25. The highest BCUT2D eigenvalue weighted by Gasteiger charge is 2.16. The van der Waals surface area contributed by atoms with Gasteiger partial charge in [-0.1, -0.05) is 0 Å². The molecule has 1 aliphatic heterocycles. The minimum absolute atomic E-state index is 0.637. The van der Waals surface area contributed by atoms with Crippen LogP contribution in [0.15, 0.2) is 22.9 Å². The summed E-state index contributed by atoms with van der Waals surface area (Å²) in [5.74, 6) is 0.992. The van der Waals surface area contributed by atoms with E-state index in [4.69, 9.17) is 4.74 Å². The fourth-order valence-electron chi connectivity index (χ4n) is 2.07. The van der Waals surface area contributed by atoms with Gasteiger partial charge >= 0.3 is 0 Å². The summed E-state index contributed by atoms with van der Waals surface area (Å²) in [5.41, 5.74) is 0.977. The Morgan fingerprint density at radius 2 is 2.00 bits per heavy atom. The van der Waals surface area contributed by atoms with E-state index in [1.165, 1.54) is 3.57 Å². The quantitative estimate of drug-likeness (QED) is 0.526. The summed E-state index contributed by atoms with van der Waals surface area (Å²) in [5, 5.41) is 1.10. The van der Waals surface area contributed by atoms with Gasteiger partial charge in [0.2, 0.25) is 0 Å². The number of nitrogens with zero attached hydrogens (tertiary/aromatic N) is 3. The SMILES string of the molecule is Brc1nc(N2CCOCC2)c2ccc(I)cc2n1. The zero-order chi connectivity index (χ0) is 12.5. The molecule has 4 nitrogen and oxygen atoms in total. The van der Waals surface area contributed by atoms with Gasteiger partial charge < -0.3 is 9.64 Å². The highest BCUT2D eigenvalue weighted by atomic mass is 127. The largest absolute Gasteiger partial charge is 0.378 e. The molecule has 3 rings (SSSR count). The molecule has 0 aliphatic carbocycles. The highest BCUT2D eigenvalue weighted by molar-refractivity contribution is 14.1. The number of hydrogen-bond donors (Lipinski definition) is 0. The molecule has 1 aromatic heterocycles. The normalized spacial score (nSPS) is 16.2. The van der Waals surface area contributed by atoms with Crippen LogP contribution in [0.3, 0.4) is 0 Å². The predicted molar refractivity (Wildman–Crippen MR) is 83.0 cm³/mol. The Kier molecular flexibility index (Phi) is 3.67. The molecule has 1 aliphatic rings. The third kappa shape index (κ3) is 2.46. The zero-order valence-corrected chi connectivity index (χ0v) is 13.3. The van der Waals surface area contributed by atoms with Crippen LogP contribution in [0.1, 0.15) is 0 Å². The fourth-order valence-corrected chi connectivity index (χ4v) is 2.91. The molecule has 6 heteroatoms. The predicted octanol–water partition coefficient (Wildman–Crippen LogP) is 2.83. The van der Waals surface area contributed by atoms with E-state index in [9.17, 15) is 0 Å². The molecular weight excluding hydrogens is 409 g/mol. The monoisotopic (exact) mass is 419 g/mol. The molecule has 0 radical (unpaired) electrons. The summed E-state index contributed by atoms with van der Waals surface area (Å²) in [7, 11) is 0. The Morgan fingerprint density at radius 3 is 2.78 bits per heavy atom. The van der Waals surface area contributed by atoms with E-state index in [1.807, 2.05) is 0 Å². The first kappa shape index (κ1) is 12.6. The minimum atomic E-state index is 0.637. The van der Waals surface area contributed by atoms with Gasteiger partial charge in [0.1, 0.15) is 5.82 Å². The molecule has 0 unspecified atom stereocenters. The van der Waals surface area contributed by atoms with E-state index in [2.05, 4.69) is 71.6 Å². The number of rotatable bonds is 1. The maximum Gasteiger partial charge on any atom is 0.199 e. The van der Waals surface area contributed by atoms with Crippen LogP contribution in [0.5, 0.6) is 0 Å². The number of morpholine rings is 1. The lowest BCUT2D eigenvalue weighted by Gasteiger charge is -2.28. The van der Waals surface area contributed by atoms with Crippen molar-refractivity contribution in [3.05, 3.63) is 26.5 Å². The highest BCUT2D eigenvalue weighted by Crippen LogP contribution is 2.27. The van der Waals surface area contributed by atoms with Gasteiger partial charge in [-0.2, -0.15) is 0 Å². The Bertz CT molecular complexity index is 582. The van der Waals surface area contributed by atoms with Crippen molar-refractivity contribution >= 4 is 55.2 Å². The fraction of sp³-hybridized carbons (Fsp3) is 0.333. The second-order valence-electron chi connectivity index (χ2n) is 4.08. The number of hydrogen-bond acceptors (Lipinski definition) is 4. The van der Waals surface area contributed by atoms with Crippen molar-refractivity contribution in [2.75, 3.05) is 31.2 Å². The summed E-state index contributed by atoms with van der Waals surface area (Å²) in [6.07, 6.45) is 0. The van der Waals surface area contributed by atoms with E-state index in [-0.39, 0.29) is 0 Å². The van der Waals surface area contributed by atoms with Gasteiger partial charge in [0.15, 0.2) is 4.73 Å². The maximum absolute atomic E-state index is 5.38. The number of aromatic nitrogens is 2. The van der Waals surface area contributed by atoms with E-state index in [0.29, 0.717) is 4.73 Å². The van der Waals surface area contributed by atoms with E-state index < -0.39 is 0 Å². The standard InChI is InChI=1S/C12H11BrIN3O/c13-12-15-10-7-8(14)1-2-9(10)11(16-12)17-3-5-18-6-4-17/h1-2,7H,3-6H2. The smallest absolute Gasteiger partial charge is 0.199 e. The maximum atomic E-state index is 5.38. The molecule has 1 saturated heterocycles. The molecule has 2 aromatic rings. The Labute approximate surface area is 127 Å². The molecule has 0 N–H and O–H groups in total. The zero-order valence-electron chi connectivity index (χ0n) is 9.57. The van der Waals surface area contributed by atoms with Crippen LogP contribution in [0.25, 0.3) is 10.9 Å². The summed E-state index contributed by atoms with van der Waals surface area (Å²) < 4.78 is 7.20. The molecule has 18 heavy (non-hydrogen) atoms. The van der Waals surface area contributed by atoms with Crippen molar-refractivity contribution in [3.63, 3.8) is 0 Å². The number of ether oxygens (including phenoxy) is 1. The topological polar surface area (TPSA) is 38.2 Å². The number of fused-ring (bicyclic) bond motifs is 1. The van der Waals surface area contributed by atoms with Crippen molar-refractivity contribution in [1.82, 2.24) is 9.97 Å². The molecule has 94 valence electrons. The molecule has 0 amide bonds. The number of benzene rings is 1. The van der Waals surface area contributed by atoms with Crippen molar-refractivity contribution < 1.29 is 4.74 Å². The van der Waals surface area contributed by atoms with Crippen LogP contribution in [-0.2, 0) is 4.74 Å². The molecule has 1 aromatic carbocycles. The summed E-state index contributed by atoms with van der Waals surface area (Å²) in [6.45, 7) is 3.27. The first-order valence-electron chi connectivity index (χ1n) is 5.69. The van der Waals surface area contributed by atoms with Gasteiger partial charge in [-0.25, -0.2) is 9.97 Å². The van der Waals surface area contributed by atoms with Crippen LogP contribution in [0.2, 0.25) is 0 Å². The van der Waals surface area contributed by atoms with Crippen LogP contribution >= 0.6 is 38.5 Å². The average molecular weight is 420 g/mol. The molecule has 0 saturated carbocycles. The number of halogens is 2. The first-order chi connectivity index (χ1) is 8.74. The second-order valence-corrected chi connectivity index (χ2v) is 6.03. The van der Waals surface area contributed by atoms with Gasteiger partial charge in [-0.15, -0.1) is 0 Å². The lowest BCUT2D eigenvalue weighted by Crippen LogP contribution is -2.37. The molecule has 0 bridgehead atoms. The van der Waals surface area contributed by atoms with Crippen LogP contribution in [0, 0.1) is 3.57 Å². The van der Waals surface area contributed by atoms with Gasteiger partial charge in [-0.3, -0.25) is 0 Å². The van der Waals surface area contributed by atoms with Gasteiger partial charge in [0, 0.05) is 22.0 Å². The van der Waals surface area contributed by atoms with E-state index in [1.54, 1.807) is 0 Å². The minimum Gasteiger partial charge on any atom is -0.378 e. The third-order valence-electron chi connectivity index (χ3n) is 2.92. The van der Waals surface area contributed by atoms with Crippen LogP contribution < -0.4 is 4.90 Å². The molecule has 0 spiro atoms. The summed E-state index contributed by atoms with van der Waals surface area (Å²) >= 11 is 5.69. The van der Waals surface area contributed by atoms with Crippen molar-refractivity contribution in [1.29, 1.82) is 0 Å². The van der Waals surface area contributed by atoms with Crippen molar-refractivity contribution in [2.24, 2.45) is 0 Å². The van der Waals surface area contributed by atoms with Gasteiger partial charge in [0.05, 0.1) is 18.7 Å². The molecule has 0 atom stereocenters. The lowest BCUT2D eigenvalue weighted by molar-refractivity contribution is 0.122. The van der Waals surface area contributed by atoms with Crippen molar-refractivity contribution in [2.45, 2.75) is 0 Å². The Hall–Kier alpha value is -0.470. The Balaban J connectivity index is 2.14. The van der Waals surface area contributed by atoms with Crippen LogP contribution in [0.4, 0.5) is 5.82 Å².